The summed E-state index contributed by atoms with van der Waals surface area (Å²) in [4.78, 5) is 13.8. The highest BCUT2D eigenvalue weighted by Gasteiger charge is 2.33. The molecule has 1 aromatic carbocycles. The van der Waals surface area contributed by atoms with Crippen molar-refractivity contribution in [2.75, 3.05) is 12.4 Å². The molecule has 1 amide bonds. The zero-order valence-corrected chi connectivity index (χ0v) is 10.8. The van der Waals surface area contributed by atoms with Crippen LogP contribution in [-0.2, 0) is 6.18 Å². The maximum atomic E-state index is 12.4. The molecule has 1 fully saturated rings. The summed E-state index contributed by atoms with van der Waals surface area (Å²) < 4.78 is 37.3. The Labute approximate surface area is 114 Å². The average molecular weight is 292 g/mol. The number of rotatable bonds is 4. The third-order valence-electron chi connectivity index (χ3n) is 3.03. The number of halogens is 4. The van der Waals surface area contributed by atoms with E-state index >= 15 is 0 Å². The minimum absolute atomic E-state index is 0.188. The molecule has 104 valence electrons. The predicted molar refractivity (Wildman–Crippen MR) is 66.2 cm³/mol. The molecule has 0 aliphatic heterocycles. The number of carbonyl (C=O) groups excluding carboxylic acids is 1. The van der Waals surface area contributed by atoms with E-state index in [-0.39, 0.29) is 17.5 Å². The van der Waals surface area contributed by atoms with E-state index in [2.05, 4.69) is 0 Å². The van der Waals surface area contributed by atoms with Gasteiger partial charge in [-0.15, -0.1) is 11.6 Å². The molecule has 0 N–H and O–H groups in total. The molecule has 6 heteroatoms. The van der Waals surface area contributed by atoms with Crippen molar-refractivity contribution in [3.8, 4) is 0 Å². The summed E-state index contributed by atoms with van der Waals surface area (Å²) in [5.41, 5.74) is -0.482. The van der Waals surface area contributed by atoms with Crippen LogP contribution in [0, 0.1) is 0 Å². The van der Waals surface area contributed by atoms with Gasteiger partial charge in [0.15, 0.2) is 0 Å². The van der Waals surface area contributed by atoms with Crippen LogP contribution in [0.3, 0.4) is 0 Å². The highest BCUT2D eigenvalue weighted by Crippen LogP contribution is 2.31. The van der Waals surface area contributed by atoms with E-state index in [1.54, 1.807) is 4.90 Å². The van der Waals surface area contributed by atoms with E-state index in [1.165, 1.54) is 12.1 Å². The van der Waals surface area contributed by atoms with Crippen LogP contribution in [0.15, 0.2) is 24.3 Å². The standard InChI is InChI=1S/C13H13ClF3NO/c14-7-8-18(11-5-6-11)12(19)9-1-3-10(4-2-9)13(15,16)17/h1-4,11H,5-8H2. The van der Waals surface area contributed by atoms with Crippen LogP contribution < -0.4 is 0 Å². The van der Waals surface area contributed by atoms with Crippen LogP contribution >= 0.6 is 11.6 Å². The third kappa shape index (κ3) is 3.41. The Morgan fingerprint density at radius 1 is 1.26 bits per heavy atom. The van der Waals surface area contributed by atoms with Crippen molar-refractivity contribution in [2.45, 2.75) is 25.1 Å². The topological polar surface area (TPSA) is 20.3 Å². The fraction of sp³-hybridized carbons (Fsp3) is 0.462. The van der Waals surface area contributed by atoms with Gasteiger partial charge in [0.2, 0.25) is 0 Å². The average Bonchev–Trinajstić information content (AvgIpc) is 3.18. The molecule has 0 heterocycles. The van der Waals surface area contributed by atoms with Crippen molar-refractivity contribution < 1.29 is 18.0 Å². The smallest absolute Gasteiger partial charge is 0.334 e. The fourth-order valence-electron chi connectivity index (χ4n) is 1.89. The molecule has 1 aliphatic rings. The molecule has 2 rings (SSSR count). The van der Waals surface area contributed by atoms with Crippen molar-refractivity contribution in [1.82, 2.24) is 4.90 Å². The van der Waals surface area contributed by atoms with Crippen LogP contribution in [-0.4, -0.2) is 29.3 Å². The molecule has 0 aromatic heterocycles. The van der Waals surface area contributed by atoms with Gasteiger partial charge in [-0.3, -0.25) is 4.79 Å². The first-order chi connectivity index (χ1) is 8.93. The first-order valence-corrected chi connectivity index (χ1v) is 6.51. The quantitative estimate of drug-likeness (QED) is 0.777. The van der Waals surface area contributed by atoms with Crippen LogP contribution in [0.1, 0.15) is 28.8 Å². The molecule has 0 atom stereocenters. The van der Waals surface area contributed by atoms with Gasteiger partial charge in [0.25, 0.3) is 5.91 Å². The number of amides is 1. The van der Waals surface area contributed by atoms with Gasteiger partial charge in [-0.05, 0) is 37.1 Å². The lowest BCUT2D eigenvalue weighted by Gasteiger charge is -2.21. The Balaban J connectivity index is 2.14. The number of hydrogen-bond acceptors (Lipinski definition) is 1. The number of carbonyl (C=O) groups is 1. The monoisotopic (exact) mass is 291 g/mol. The molecule has 0 unspecified atom stereocenters. The summed E-state index contributed by atoms with van der Waals surface area (Å²) in [6.45, 7) is 0.423. The lowest BCUT2D eigenvalue weighted by Crippen LogP contribution is -2.34. The second-order valence-corrected chi connectivity index (χ2v) is 4.87. The zero-order chi connectivity index (χ0) is 14.0. The van der Waals surface area contributed by atoms with Crippen LogP contribution in [0.25, 0.3) is 0 Å². The molecule has 1 aromatic rings. The highest BCUT2D eigenvalue weighted by molar-refractivity contribution is 6.18. The second kappa shape index (κ2) is 5.41. The highest BCUT2D eigenvalue weighted by atomic mass is 35.5. The summed E-state index contributed by atoms with van der Waals surface area (Å²) in [6, 6.07) is 4.48. The van der Waals surface area contributed by atoms with Gasteiger partial charge in [-0.25, -0.2) is 0 Å². The van der Waals surface area contributed by atoms with E-state index in [4.69, 9.17) is 11.6 Å². The summed E-state index contributed by atoms with van der Waals surface area (Å²) in [5.74, 6) is 0.0694. The normalized spacial score (nSPS) is 15.4. The third-order valence-corrected chi connectivity index (χ3v) is 3.20. The Bertz CT molecular complexity index is 454. The van der Waals surface area contributed by atoms with Gasteiger partial charge < -0.3 is 4.90 Å². The molecular formula is C13H13ClF3NO. The number of alkyl halides is 4. The van der Waals surface area contributed by atoms with E-state index in [9.17, 15) is 18.0 Å². The van der Waals surface area contributed by atoms with Crippen LogP contribution in [0.4, 0.5) is 13.2 Å². The van der Waals surface area contributed by atoms with E-state index < -0.39 is 11.7 Å². The molecule has 2 nitrogen and oxygen atoms in total. The van der Waals surface area contributed by atoms with Crippen LogP contribution in [0.5, 0.6) is 0 Å². The molecule has 19 heavy (non-hydrogen) atoms. The minimum atomic E-state index is -4.38. The van der Waals surface area contributed by atoms with Gasteiger partial charge in [-0.1, -0.05) is 0 Å². The lowest BCUT2D eigenvalue weighted by molar-refractivity contribution is -0.137. The number of benzene rings is 1. The molecule has 0 spiro atoms. The molecule has 1 aliphatic carbocycles. The molecule has 0 saturated heterocycles. The Kier molecular flexibility index (Phi) is 4.04. The van der Waals surface area contributed by atoms with Crippen molar-refractivity contribution in [3.63, 3.8) is 0 Å². The van der Waals surface area contributed by atoms with Crippen molar-refractivity contribution in [2.24, 2.45) is 0 Å². The fourth-order valence-corrected chi connectivity index (χ4v) is 2.08. The maximum Gasteiger partial charge on any atom is 0.416 e. The SMILES string of the molecule is O=C(c1ccc(C(F)(F)F)cc1)N(CCCl)C1CC1. The summed E-state index contributed by atoms with van der Waals surface area (Å²) in [5, 5.41) is 0. The van der Waals surface area contributed by atoms with E-state index in [1.807, 2.05) is 0 Å². The zero-order valence-electron chi connectivity index (χ0n) is 10.1. The Hall–Kier alpha value is -1.23. The predicted octanol–water partition coefficient (Wildman–Crippen LogP) is 3.55. The van der Waals surface area contributed by atoms with Crippen molar-refractivity contribution >= 4 is 17.5 Å². The molecule has 0 radical (unpaired) electrons. The van der Waals surface area contributed by atoms with Gasteiger partial charge in [-0.2, -0.15) is 13.2 Å². The number of nitrogens with zero attached hydrogens (tertiary/aromatic N) is 1. The summed E-state index contributed by atoms with van der Waals surface area (Å²) in [7, 11) is 0. The minimum Gasteiger partial charge on any atom is -0.334 e. The Morgan fingerprint density at radius 3 is 2.26 bits per heavy atom. The van der Waals surface area contributed by atoms with Gasteiger partial charge in [0.1, 0.15) is 0 Å². The summed E-state index contributed by atoms with van der Waals surface area (Å²) in [6.07, 6.45) is -2.51. The molecular weight excluding hydrogens is 279 g/mol. The van der Waals surface area contributed by atoms with Gasteiger partial charge >= 0.3 is 6.18 Å². The molecule has 0 bridgehead atoms. The van der Waals surface area contributed by atoms with Gasteiger partial charge in [0, 0.05) is 24.0 Å². The number of hydrogen-bond donors (Lipinski definition) is 0. The van der Waals surface area contributed by atoms with Crippen molar-refractivity contribution in [3.05, 3.63) is 35.4 Å². The van der Waals surface area contributed by atoms with Crippen LogP contribution in [0.2, 0.25) is 0 Å². The Morgan fingerprint density at radius 2 is 1.84 bits per heavy atom. The van der Waals surface area contributed by atoms with E-state index in [0.29, 0.717) is 12.4 Å². The second-order valence-electron chi connectivity index (χ2n) is 4.49. The van der Waals surface area contributed by atoms with Crippen molar-refractivity contribution in [1.29, 1.82) is 0 Å². The lowest BCUT2D eigenvalue weighted by atomic mass is 10.1. The largest absolute Gasteiger partial charge is 0.416 e. The van der Waals surface area contributed by atoms with Gasteiger partial charge in [0.05, 0.1) is 5.56 Å². The maximum absolute atomic E-state index is 12.4. The molecule has 1 saturated carbocycles. The first-order valence-electron chi connectivity index (χ1n) is 5.97. The summed E-state index contributed by atoms with van der Waals surface area (Å²) >= 11 is 5.64. The van der Waals surface area contributed by atoms with E-state index in [0.717, 1.165) is 25.0 Å². The first kappa shape index (κ1) is 14.2.